The Kier molecular flexibility index (Phi) is 6.83. The molecule has 0 aliphatic carbocycles. The molecule has 2 heterocycles. The van der Waals surface area contributed by atoms with E-state index in [-0.39, 0.29) is 23.3 Å². The fourth-order valence-electron chi connectivity index (χ4n) is 4.27. The highest BCUT2D eigenvalue weighted by Gasteiger charge is 2.29. The van der Waals surface area contributed by atoms with Gasteiger partial charge in [-0.05, 0) is 63.6 Å². The van der Waals surface area contributed by atoms with Gasteiger partial charge in [-0.1, -0.05) is 6.92 Å². The van der Waals surface area contributed by atoms with Crippen LogP contribution in [0.4, 0.5) is 15.9 Å². The molecule has 0 aliphatic heterocycles. The van der Waals surface area contributed by atoms with E-state index >= 15 is 4.39 Å². The number of hydrogen-bond donors (Lipinski definition) is 2. The van der Waals surface area contributed by atoms with E-state index in [2.05, 4.69) is 10.3 Å². The molecule has 0 saturated carbocycles. The fourth-order valence-corrected chi connectivity index (χ4v) is 4.27. The van der Waals surface area contributed by atoms with Gasteiger partial charge in [0.2, 0.25) is 0 Å². The van der Waals surface area contributed by atoms with E-state index in [1.165, 1.54) is 0 Å². The quantitative estimate of drug-likeness (QED) is 0.365. The number of benzene rings is 2. The number of anilines is 2. The molecule has 188 valence electrons. The monoisotopic (exact) mass is 491 g/mol. The molecule has 0 unspecified atom stereocenters. The maximum atomic E-state index is 15.5. The maximum absolute atomic E-state index is 15.5. The van der Waals surface area contributed by atoms with Gasteiger partial charge in [0.1, 0.15) is 40.0 Å². The number of methoxy groups -OCH3 is 1. The second kappa shape index (κ2) is 9.85. The number of aromatic nitrogens is 3. The Morgan fingerprint density at radius 1 is 1.17 bits per heavy atom. The van der Waals surface area contributed by atoms with Gasteiger partial charge >= 0.3 is 0 Å². The molecule has 4 aromatic rings. The zero-order valence-corrected chi connectivity index (χ0v) is 21.2. The first-order chi connectivity index (χ1) is 17.1. The summed E-state index contributed by atoms with van der Waals surface area (Å²) < 4.78 is 28.7. The molecular weight excluding hydrogens is 461 g/mol. The lowest BCUT2D eigenvalue weighted by atomic mass is 9.93. The van der Waals surface area contributed by atoms with Crippen molar-refractivity contribution in [3.8, 4) is 11.5 Å². The molecule has 1 atom stereocenters. The van der Waals surface area contributed by atoms with Crippen LogP contribution in [0, 0.1) is 19.7 Å². The van der Waals surface area contributed by atoms with Crippen LogP contribution < -0.4 is 20.5 Å². The van der Waals surface area contributed by atoms with Crippen LogP contribution in [0.5, 0.6) is 11.5 Å². The molecule has 1 amide bonds. The smallest absolute Gasteiger partial charge is 0.262 e. The number of ether oxygens (including phenoxy) is 2. The number of imidazole rings is 1. The zero-order chi connectivity index (χ0) is 26.1. The first-order valence-electron chi connectivity index (χ1n) is 11.7. The van der Waals surface area contributed by atoms with Crippen LogP contribution >= 0.6 is 0 Å². The number of carbonyl (C=O) groups is 1. The summed E-state index contributed by atoms with van der Waals surface area (Å²) in [4.78, 5) is 22.3. The van der Waals surface area contributed by atoms with Gasteiger partial charge in [-0.3, -0.25) is 9.20 Å². The van der Waals surface area contributed by atoms with Gasteiger partial charge in [-0.2, -0.15) is 0 Å². The molecule has 2 aromatic heterocycles. The summed E-state index contributed by atoms with van der Waals surface area (Å²) in [5, 5.41) is 2.78. The number of carbonyl (C=O) groups excluding carboxylic acids is 1. The predicted octanol–water partition coefficient (Wildman–Crippen LogP) is 5.27. The van der Waals surface area contributed by atoms with E-state index < -0.39 is 11.7 Å². The van der Waals surface area contributed by atoms with Gasteiger partial charge in [-0.25, -0.2) is 14.4 Å². The summed E-state index contributed by atoms with van der Waals surface area (Å²) in [5.74, 6) is 0.282. The van der Waals surface area contributed by atoms with Crippen molar-refractivity contribution in [2.24, 2.45) is 0 Å². The number of nitrogen functional groups attached to an aromatic ring is 1. The average Bonchev–Trinajstić information content (AvgIpc) is 3.18. The highest BCUT2D eigenvalue weighted by atomic mass is 19.1. The third-order valence-corrected chi connectivity index (χ3v) is 5.99. The number of nitrogens with one attached hydrogen (secondary N) is 1. The Morgan fingerprint density at radius 2 is 1.86 bits per heavy atom. The number of aryl methyl sites for hydroxylation is 2. The van der Waals surface area contributed by atoms with Crippen LogP contribution in [-0.2, 0) is 0 Å². The fraction of sp³-hybridized carbons (Fsp3) is 0.296. The van der Waals surface area contributed by atoms with Crippen molar-refractivity contribution in [1.29, 1.82) is 0 Å². The highest BCUT2D eigenvalue weighted by molar-refractivity contribution is 6.07. The van der Waals surface area contributed by atoms with Gasteiger partial charge < -0.3 is 20.5 Å². The number of halogens is 1. The lowest BCUT2D eigenvalue weighted by Gasteiger charge is -2.23. The summed E-state index contributed by atoms with van der Waals surface area (Å²) in [6.07, 6.45) is 3.09. The van der Waals surface area contributed by atoms with Gasteiger partial charge in [0.25, 0.3) is 5.91 Å². The summed E-state index contributed by atoms with van der Waals surface area (Å²) in [6, 6.07) is 8.52. The number of nitrogens with zero attached hydrogens (tertiary/aromatic N) is 3. The van der Waals surface area contributed by atoms with Crippen LogP contribution in [0.25, 0.3) is 5.52 Å². The third-order valence-electron chi connectivity index (χ3n) is 5.99. The van der Waals surface area contributed by atoms with Crippen molar-refractivity contribution in [3.05, 3.63) is 76.8 Å². The number of nitrogens with two attached hydrogens (primary N) is 1. The highest BCUT2D eigenvalue weighted by Crippen LogP contribution is 2.38. The topological polar surface area (TPSA) is 104 Å². The van der Waals surface area contributed by atoms with Crippen LogP contribution in [0.2, 0.25) is 0 Å². The Labute approximate surface area is 209 Å². The SMILES string of the molecule is COc1ccc(NC(=O)c2c(F)c(C)cc([C@H](C)c3nc(C)c4c(N)nccn34)c2OC(C)C)cc1. The molecule has 0 saturated heterocycles. The molecule has 4 rings (SSSR count). The molecule has 0 bridgehead atoms. The molecule has 8 nitrogen and oxygen atoms in total. The number of fused-ring (bicyclic) bond motifs is 1. The van der Waals surface area contributed by atoms with Crippen LogP contribution in [0.3, 0.4) is 0 Å². The van der Waals surface area contributed by atoms with Crippen LogP contribution in [0.1, 0.15) is 59.7 Å². The molecule has 0 fully saturated rings. The van der Waals surface area contributed by atoms with Crippen molar-refractivity contribution in [2.75, 3.05) is 18.2 Å². The van der Waals surface area contributed by atoms with Crippen molar-refractivity contribution < 1.29 is 18.7 Å². The van der Waals surface area contributed by atoms with Crippen LogP contribution in [-0.4, -0.2) is 33.5 Å². The second-order valence-corrected chi connectivity index (χ2v) is 8.96. The molecule has 0 spiro atoms. The second-order valence-electron chi connectivity index (χ2n) is 8.96. The molecule has 3 N–H and O–H groups in total. The van der Waals surface area contributed by atoms with Gasteiger partial charge in [0.15, 0.2) is 0 Å². The number of rotatable bonds is 7. The van der Waals surface area contributed by atoms with Gasteiger partial charge in [0.05, 0.1) is 18.9 Å². The Balaban J connectivity index is 1.85. The molecule has 9 heteroatoms. The summed E-state index contributed by atoms with van der Waals surface area (Å²) in [6.45, 7) is 9.10. The normalized spacial score (nSPS) is 12.1. The minimum Gasteiger partial charge on any atom is -0.497 e. The van der Waals surface area contributed by atoms with Crippen LogP contribution in [0.15, 0.2) is 42.7 Å². The number of amides is 1. The summed E-state index contributed by atoms with van der Waals surface area (Å²) >= 11 is 0. The standard InChI is InChI=1S/C27H30FN5O3/c1-14(2)36-24-20(16(4)26-31-17(5)23-25(29)30-11-12-33(23)26)13-15(3)22(28)21(24)27(34)32-18-7-9-19(35-6)10-8-18/h7-14,16H,1-6H3,(H2,29,30)(H,32,34)/t16-/m0/s1. The third kappa shape index (κ3) is 4.56. The van der Waals surface area contributed by atoms with E-state index in [1.54, 1.807) is 56.8 Å². The minimum atomic E-state index is -0.634. The molecule has 36 heavy (non-hydrogen) atoms. The van der Waals surface area contributed by atoms with Crippen molar-refractivity contribution in [3.63, 3.8) is 0 Å². The van der Waals surface area contributed by atoms with Crippen molar-refractivity contribution in [1.82, 2.24) is 14.4 Å². The molecular formula is C27H30FN5O3. The van der Waals surface area contributed by atoms with Gasteiger partial charge in [-0.15, -0.1) is 0 Å². The summed E-state index contributed by atoms with van der Waals surface area (Å²) in [5.41, 5.74) is 8.85. The Bertz CT molecular complexity index is 1430. The maximum Gasteiger partial charge on any atom is 0.262 e. The average molecular weight is 492 g/mol. The van der Waals surface area contributed by atoms with Crippen molar-refractivity contribution in [2.45, 2.75) is 46.6 Å². The minimum absolute atomic E-state index is 0.153. The van der Waals surface area contributed by atoms with E-state index in [9.17, 15) is 4.79 Å². The van der Waals surface area contributed by atoms with E-state index in [0.717, 1.165) is 5.69 Å². The molecule has 0 aliphatic rings. The van der Waals surface area contributed by atoms with Gasteiger partial charge in [0, 0.05) is 29.6 Å². The molecule has 2 aromatic carbocycles. The summed E-state index contributed by atoms with van der Waals surface area (Å²) in [7, 11) is 1.56. The van der Waals surface area contributed by atoms with Crippen molar-refractivity contribution >= 4 is 22.9 Å². The lowest BCUT2D eigenvalue weighted by Crippen LogP contribution is -2.20. The van der Waals surface area contributed by atoms with E-state index in [0.29, 0.717) is 39.7 Å². The number of hydrogen-bond acceptors (Lipinski definition) is 6. The van der Waals surface area contributed by atoms with E-state index in [4.69, 9.17) is 20.2 Å². The molecule has 0 radical (unpaired) electrons. The lowest BCUT2D eigenvalue weighted by molar-refractivity contribution is 0.101. The first kappa shape index (κ1) is 25.0. The Morgan fingerprint density at radius 3 is 2.50 bits per heavy atom. The first-order valence-corrected chi connectivity index (χ1v) is 11.7. The largest absolute Gasteiger partial charge is 0.497 e. The zero-order valence-electron chi connectivity index (χ0n) is 21.2. The predicted molar refractivity (Wildman–Crippen MR) is 138 cm³/mol. The Hall–Kier alpha value is -4.14. The van der Waals surface area contributed by atoms with E-state index in [1.807, 2.05) is 32.1 Å².